The summed E-state index contributed by atoms with van der Waals surface area (Å²) in [6.45, 7) is 0.530. The lowest BCUT2D eigenvalue weighted by Crippen LogP contribution is -2.26. The Bertz CT molecular complexity index is 581. The van der Waals surface area contributed by atoms with Crippen LogP contribution >= 0.6 is 15.9 Å². The number of carbonyl (C=O) groups excluding carboxylic acids is 1. The van der Waals surface area contributed by atoms with E-state index in [1.807, 2.05) is 24.3 Å². The van der Waals surface area contributed by atoms with Crippen molar-refractivity contribution in [3.63, 3.8) is 0 Å². The van der Waals surface area contributed by atoms with Gasteiger partial charge in [0.2, 0.25) is 0 Å². The maximum atomic E-state index is 12.2. The van der Waals surface area contributed by atoms with Gasteiger partial charge in [-0.2, -0.15) is 0 Å². The predicted octanol–water partition coefficient (Wildman–Crippen LogP) is 3.43. The lowest BCUT2D eigenvalue weighted by atomic mass is 10.1. The summed E-state index contributed by atoms with van der Waals surface area (Å²) in [5, 5.41) is 9.39. The van der Waals surface area contributed by atoms with E-state index < -0.39 is 0 Å². The fourth-order valence-electron chi connectivity index (χ4n) is 1.79. The molecular formula is C15H14BrNO2. The molecule has 19 heavy (non-hydrogen) atoms. The molecule has 2 aromatic rings. The van der Waals surface area contributed by atoms with Crippen LogP contribution in [0, 0.1) is 0 Å². The number of rotatable bonds is 3. The number of benzene rings is 2. The normalized spacial score (nSPS) is 10.2. The molecule has 0 saturated heterocycles. The number of aromatic hydroxyl groups is 1. The maximum Gasteiger partial charge on any atom is 0.254 e. The molecule has 0 aliphatic carbocycles. The van der Waals surface area contributed by atoms with Gasteiger partial charge >= 0.3 is 0 Å². The highest BCUT2D eigenvalue weighted by molar-refractivity contribution is 9.10. The smallest absolute Gasteiger partial charge is 0.254 e. The summed E-state index contributed by atoms with van der Waals surface area (Å²) >= 11 is 3.38. The molecule has 0 heterocycles. The Morgan fingerprint density at radius 1 is 1.21 bits per heavy atom. The van der Waals surface area contributed by atoms with Crippen LogP contribution in [0.5, 0.6) is 5.75 Å². The number of phenols is 1. The van der Waals surface area contributed by atoms with E-state index in [9.17, 15) is 9.90 Å². The third-order valence-electron chi connectivity index (χ3n) is 2.77. The predicted molar refractivity (Wildman–Crippen MR) is 78.0 cm³/mol. The van der Waals surface area contributed by atoms with Crippen LogP contribution in [0.1, 0.15) is 15.9 Å². The standard InChI is InChI=1S/C15H14BrNO2/c1-17(10-11-5-7-13(16)8-6-11)15(19)12-3-2-4-14(18)9-12/h2-9,18H,10H2,1H3. The average Bonchev–Trinajstić information content (AvgIpc) is 2.40. The monoisotopic (exact) mass is 319 g/mol. The third kappa shape index (κ3) is 3.58. The van der Waals surface area contributed by atoms with Gasteiger partial charge in [0, 0.05) is 23.6 Å². The molecule has 0 aromatic heterocycles. The van der Waals surface area contributed by atoms with Gasteiger partial charge < -0.3 is 10.0 Å². The highest BCUT2D eigenvalue weighted by Crippen LogP contribution is 2.15. The summed E-state index contributed by atoms with van der Waals surface area (Å²) in [5.41, 5.74) is 1.54. The molecule has 98 valence electrons. The fourth-order valence-corrected chi connectivity index (χ4v) is 2.06. The number of nitrogens with zero attached hydrogens (tertiary/aromatic N) is 1. The van der Waals surface area contributed by atoms with Gasteiger partial charge in [0.1, 0.15) is 5.75 Å². The molecule has 2 aromatic carbocycles. The van der Waals surface area contributed by atoms with Crippen LogP contribution in [0.15, 0.2) is 53.0 Å². The molecule has 0 bridgehead atoms. The number of carbonyl (C=O) groups is 1. The van der Waals surface area contributed by atoms with Crippen LogP contribution in [0.25, 0.3) is 0 Å². The largest absolute Gasteiger partial charge is 0.508 e. The van der Waals surface area contributed by atoms with Gasteiger partial charge in [-0.05, 0) is 35.9 Å². The van der Waals surface area contributed by atoms with Crippen LogP contribution < -0.4 is 0 Å². The van der Waals surface area contributed by atoms with Crippen molar-refractivity contribution in [1.82, 2.24) is 4.90 Å². The van der Waals surface area contributed by atoms with E-state index >= 15 is 0 Å². The first-order valence-corrected chi connectivity index (χ1v) is 6.64. The number of amides is 1. The molecular weight excluding hydrogens is 306 g/mol. The van der Waals surface area contributed by atoms with Gasteiger partial charge in [-0.25, -0.2) is 0 Å². The zero-order chi connectivity index (χ0) is 13.8. The molecule has 4 heteroatoms. The van der Waals surface area contributed by atoms with Crippen molar-refractivity contribution >= 4 is 21.8 Å². The fraction of sp³-hybridized carbons (Fsp3) is 0.133. The molecule has 3 nitrogen and oxygen atoms in total. The Morgan fingerprint density at radius 2 is 1.89 bits per heavy atom. The molecule has 0 aliphatic rings. The van der Waals surface area contributed by atoms with Crippen LogP contribution in [0.2, 0.25) is 0 Å². The van der Waals surface area contributed by atoms with Gasteiger partial charge in [-0.1, -0.05) is 34.1 Å². The Balaban J connectivity index is 2.09. The molecule has 2 rings (SSSR count). The number of halogens is 1. The molecule has 0 atom stereocenters. The summed E-state index contributed by atoms with van der Waals surface area (Å²) in [7, 11) is 1.74. The van der Waals surface area contributed by atoms with Crippen LogP contribution in [-0.2, 0) is 6.54 Å². The van der Waals surface area contributed by atoms with E-state index in [4.69, 9.17) is 0 Å². The van der Waals surface area contributed by atoms with Crippen molar-refractivity contribution < 1.29 is 9.90 Å². The van der Waals surface area contributed by atoms with Gasteiger partial charge in [0.15, 0.2) is 0 Å². The van der Waals surface area contributed by atoms with E-state index in [0.717, 1.165) is 10.0 Å². The van der Waals surface area contributed by atoms with E-state index in [0.29, 0.717) is 12.1 Å². The van der Waals surface area contributed by atoms with Crippen LogP contribution in [-0.4, -0.2) is 23.0 Å². The number of phenolic OH excluding ortho intramolecular Hbond substituents is 1. The van der Waals surface area contributed by atoms with Crippen molar-refractivity contribution in [1.29, 1.82) is 0 Å². The Hall–Kier alpha value is -1.81. The maximum absolute atomic E-state index is 12.2. The molecule has 0 unspecified atom stereocenters. The van der Waals surface area contributed by atoms with Crippen molar-refractivity contribution in [2.24, 2.45) is 0 Å². The molecule has 1 amide bonds. The first kappa shape index (κ1) is 13.6. The second-order valence-corrected chi connectivity index (χ2v) is 5.25. The Morgan fingerprint density at radius 3 is 2.53 bits per heavy atom. The van der Waals surface area contributed by atoms with Gasteiger partial charge in [-0.15, -0.1) is 0 Å². The molecule has 0 aliphatic heterocycles. The molecule has 0 fully saturated rings. The summed E-state index contributed by atoms with van der Waals surface area (Å²) in [5.74, 6) is -0.0123. The van der Waals surface area contributed by atoms with E-state index in [2.05, 4.69) is 15.9 Å². The van der Waals surface area contributed by atoms with Crippen molar-refractivity contribution in [3.05, 3.63) is 64.1 Å². The van der Waals surface area contributed by atoms with Crippen LogP contribution in [0.4, 0.5) is 0 Å². The summed E-state index contributed by atoms with van der Waals surface area (Å²) in [6.07, 6.45) is 0. The SMILES string of the molecule is CN(Cc1ccc(Br)cc1)C(=O)c1cccc(O)c1. The third-order valence-corrected chi connectivity index (χ3v) is 3.30. The van der Waals surface area contributed by atoms with Crippen molar-refractivity contribution in [3.8, 4) is 5.75 Å². The van der Waals surface area contributed by atoms with E-state index in [1.54, 1.807) is 30.1 Å². The minimum absolute atomic E-state index is 0.0999. The van der Waals surface area contributed by atoms with Gasteiger partial charge in [0.25, 0.3) is 5.91 Å². The highest BCUT2D eigenvalue weighted by atomic mass is 79.9. The molecule has 1 N–H and O–H groups in total. The van der Waals surface area contributed by atoms with Crippen molar-refractivity contribution in [2.75, 3.05) is 7.05 Å². The molecule has 0 spiro atoms. The van der Waals surface area contributed by atoms with E-state index in [1.165, 1.54) is 6.07 Å². The number of hydrogen-bond donors (Lipinski definition) is 1. The Kier molecular flexibility index (Phi) is 4.22. The molecule has 0 radical (unpaired) electrons. The molecule has 0 saturated carbocycles. The van der Waals surface area contributed by atoms with Crippen molar-refractivity contribution in [2.45, 2.75) is 6.54 Å². The second kappa shape index (κ2) is 5.89. The topological polar surface area (TPSA) is 40.5 Å². The zero-order valence-electron chi connectivity index (χ0n) is 10.5. The van der Waals surface area contributed by atoms with Gasteiger partial charge in [-0.3, -0.25) is 4.79 Å². The lowest BCUT2D eigenvalue weighted by molar-refractivity contribution is 0.0784. The van der Waals surface area contributed by atoms with Gasteiger partial charge in [0.05, 0.1) is 0 Å². The first-order valence-electron chi connectivity index (χ1n) is 5.85. The zero-order valence-corrected chi connectivity index (χ0v) is 12.1. The summed E-state index contributed by atoms with van der Waals surface area (Å²) < 4.78 is 1.01. The Labute approximate surface area is 120 Å². The highest BCUT2D eigenvalue weighted by Gasteiger charge is 2.12. The lowest BCUT2D eigenvalue weighted by Gasteiger charge is -2.17. The first-order chi connectivity index (χ1) is 9.06. The minimum Gasteiger partial charge on any atom is -0.508 e. The minimum atomic E-state index is -0.112. The van der Waals surface area contributed by atoms with Crippen LogP contribution in [0.3, 0.4) is 0 Å². The summed E-state index contributed by atoms with van der Waals surface area (Å²) in [6, 6.07) is 14.2. The quantitative estimate of drug-likeness (QED) is 0.941. The second-order valence-electron chi connectivity index (χ2n) is 4.34. The summed E-state index contributed by atoms with van der Waals surface area (Å²) in [4.78, 5) is 13.8. The average molecular weight is 320 g/mol. The number of hydrogen-bond acceptors (Lipinski definition) is 2. The van der Waals surface area contributed by atoms with E-state index in [-0.39, 0.29) is 11.7 Å².